The highest BCUT2D eigenvalue weighted by Gasteiger charge is 2.26. The highest BCUT2D eigenvalue weighted by molar-refractivity contribution is 5.92. The van der Waals surface area contributed by atoms with Gasteiger partial charge in [-0.3, -0.25) is 19.2 Å². The lowest BCUT2D eigenvalue weighted by atomic mass is 10.1. The number of ether oxygens (including phenoxy) is 4. The van der Waals surface area contributed by atoms with Gasteiger partial charge in [-0.1, -0.05) is 53.3 Å². The topological polar surface area (TPSA) is 196 Å². The largest absolute Gasteiger partial charge is 0.491 e. The number of amides is 3. The molecule has 0 fully saturated rings. The van der Waals surface area contributed by atoms with Gasteiger partial charge in [0.1, 0.15) is 12.9 Å². The van der Waals surface area contributed by atoms with Crippen molar-refractivity contribution in [1.29, 1.82) is 0 Å². The summed E-state index contributed by atoms with van der Waals surface area (Å²) in [6.07, 6.45) is 4.54. The molecule has 2 rings (SSSR count). The Bertz CT molecular complexity index is 1410. The molecule has 1 atom stereocenters. The maximum atomic E-state index is 12.6. The summed E-state index contributed by atoms with van der Waals surface area (Å²) in [5.74, 6) is -11.5. The quantitative estimate of drug-likeness (QED) is 0.0273. The fraction of sp³-hybridized carbons (Fsp3) is 0.525. The van der Waals surface area contributed by atoms with Crippen LogP contribution < -0.4 is 31.7 Å². The van der Waals surface area contributed by atoms with Crippen LogP contribution in [0.4, 0.5) is 27.6 Å². The van der Waals surface area contributed by atoms with Crippen LogP contribution in [0.3, 0.4) is 0 Å². The van der Waals surface area contributed by atoms with Gasteiger partial charge in [0.25, 0.3) is 0 Å². The predicted molar refractivity (Wildman–Crippen MR) is 217 cm³/mol. The third-order valence-electron chi connectivity index (χ3n) is 6.57. The van der Waals surface area contributed by atoms with E-state index < -0.39 is 34.8 Å². The number of esters is 1. The lowest BCUT2D eigenvalue weighted by Gasteiger charge is -2.17. The normalized spacial score (nSPS) is 9.95. The Morgan fingerprint density at radius 1 is 0.847 bits per heavy atom. The third kappa shape index (κ3) is 33.5. The highest BCUT2D eigenvalue weighted by atomic mass is 19.2. The maximum Gasteiger partial charge on any atom is 0.302 e. The SMILES string of the molecule is C=CNCC(=O)Nc1ccc(COC(C)=O)cc1.CC.CC(C)C(C)NC(=O)CCOCCOCCC=O.CCCNC.COc1c(F)c(F)c(F)c(F)c1F.NC=O. The molecule has 0 bridgehead atoms. The van der Waals surface area contributed by atoms with Gasteiger partial charge in [-0.05, 0) is 56.8 Å². The van der Waals surface area contributed by atoms with E-state index in [0.717, 1.165) is 25.5 Å². The average molecular weight is 854 g/mol. The van der Waals surface area contributed by atoms with Crippen LogP contribution in [-0.2, 0) is 44.8 Å². The van der Waals surface area contributed by atoms with Crippen LogP contribution in [0.15, 0.2) is 37.0 Å². The summed E-state index contributed by atoms with van der Waals surface area (Å²) in [7, 11) is 2.77. The molecule has 0 aliphatic rings. The molecule has 0 spiro atoms. The fourth-order valence-electron chi connectivity index (χ4n) is 3.36. The summed E-state index contributed by atoms with van der Waals surface area (Å²) >= 11 is 0. The summed E-state index contributed by atoms with van der Waals surface area (Å²) in [4.78, 5) is 52.1. The first-order valence-electron chi connectivity index (χ1n) is 18.6. The number of nitrogens with one attached hydrogen (secondary N) is 4. The minimum atomic E-state index is -2.20. The highest BCUT2D eigenvalue weighted by Crippen LogP contribution is 2.28. The van der Waals surface area contributed by atoms with Crippen molar-refractivity contribution in [2.45, 2.75) is 80.4 Å². The zero-order valence-corrected chi connectivity index (χ0v) is 35.6. The molecule has 2 aromatic carbocycles. The zero-order valence-electron chi connectivity index (χ0n) is 35.6. The Morgan fingerprint density at radius 3 is 1.76 bits per heavy atom. The summed E-state index contributed by atoms with van der Waals surface area (Å²) in [6.45, 7) is 20.4. The molecular formula is C40H64F5N5O9. The number of methoxy groups -OCH3 is 1. The molecule has 2 aromatic rings. The van der Waals surface area contributed by atoms with Gasteiger partial charge in [0.05, 0.1) is 40.1 Å². The first kappa shape index (κ1) is 60.5. The molecule has 1 unspecified atom stereocenters. The molecule has 0 heterocycles. The Balaban J connectivity index is -0.000000347. The molecule has 338 valence electrons. The minimum Gasteiger partial charge on any atom is -0.491 e. The number of carbonyl (C=O) groups is 5. The summed E-state index contributed by atoms with van der Waals surface area (Å²) in [6, 6.07) is 7.28. The van der Waals surface area contributed by atoms with Crippen molar-refractivity contribution < 1.29 is 64.9 Å². The second-order valence-electron chi connectivity index (χ2n) is 11.5. The van der Waals surface area contributed by atoms with Gasteiger partial charge in [0, 0.05) is 31.5 Å². The number of halogens is 5. The van der Waals surface area contributed by atoms with Crippen molar-refractivity contribution >= 4 is 36.2 Å². The van der Waals surface area contributed by atoms with Crippen LogP contribution in [0.2, 0.25) is 0 Å². The Hall–Kier alpha value is -5.14. The van der Waals surface area contributed by atoms with E-state index in [2.05, 4.69) is 59.1 Å². The van der Waals surface area contributed by atoms with Gasteiger partial charge < -0.3 is 50.7 Å². The van der Waals surface area contributed by atoms with Gasteiger partial charge in [-0.25, -0.2) is 13.2 Å². The molecule has 6 N–H and O–H groups in total. The molecular weight excluding hydrogens is 789 g/mol. The standard InChI is InChI=1S/C13H16N2O3.C13H25NO4.C7H3F5O.C4H11N.C2H6.CH3NO/c1-3-14-8-13(17)15-12-6-4-11(5-7-12)9-18-10(2)16;1-11(2)12(3)14-13(16)5-8-18-10-9-17-7-4-6-15;1-13-7-5(11)3(9)2(8)4(10)6(7)12;1-3-4-5-2;1-2;2-1-3/h3-7,14H,1,8-9H2,2H3,(H,15,17);6,11-12H,4-5,7-10H2,1-3H3,(H,14,16);1H3;5H,3-4H2,1-2H3;1-2H3;1H,(H2,2,3). The van der Waals surface area contributed by atoms with E-state index in [9.17, 15) is 41.1 Å². The van der Waals surface area contributed by atoms with Crippen molar-refractivity contribution in [3.63, 3.8) is 0 Å². The van der Waals surface area contributed by atoms with Crippen LogP contribution in [0.25, 0.3) is 0 Å². The number of hydrogen-bond donors (Lipinski definition) is 5. The molecule has 14 nitrogen and oxygen atoms in total. The van der Waals surface area contributed by atoms with Gasteiger partial charge in [0.15, 0.2) is 5.75 Å². The number of hydrogen-bond acceptors (Lipinski definition) is 11. The molecule has 0 radical (unpaired) electrons. The first-order valence-corrected chi connectivity index (χ1v) is 18.6. The number of rotatable bonds is 20. The monoisotopic (exact) mass is 853 g/mol. The van der Waals surface area contributed by atoms with Gasteiger partial charge in [-0.15, -0.1) is 0 Å². The molecule has 3 amide bonds. The van der Waals surface area contributed by atoms with Gasteiger partial charge >= 0.3 is 5.97 Å². The second-order valence-corrected chi connectivity index (χ2v) is 11.5. The van der Waals surface area contributed by atoms with E-state index in [1.807, 2.05) is 27.8 Å². The van der Waals surface area contributed by atoms with Crippen LogP contribution in [-0.4, -0.2) is 90.2 Å². The maximum absolute atomic E-state index is 12.6. The molecule has 0 saturated carbocycles. The number of primary amides is 1. The van der Waals surface area contributed by atoms with Crippen molar-refractivity contribution in [2.75, 3.05) is 59.0 Å². The second kappa shape index (κ2) is 41.0. The minimum absolute atomic E-state index is 0.0121. The predicted octanol–water partition coefficient (Wildman–Crippen LogP) is 5.71. The molecule has 0 saturated heterocycles. The molecule has 59 heavy (non-hydrogen) atoms. The number of anilines is 1. The molecule has 0 aromatic heterocycles. The van der Waals surface area contributed by atoms with Crippen molar-refractivity contribution in [3.05, 3.63) is 71.7 Å². The lowest BCUT2D eigenvalue weighted by molar-refractivity contribution is -0.142. The Morgan fingerprint density at radius 2 is 1.36 bits per heavy atom. The Labute approximate surface area is 345 Å². The van der Waals surface area contributed by atoms with E-state index >= 15 is 0 Å². The van der Waals surface area contributed by atoms with Crippen LogP contribution >= 0.6 is 0 Å². The molecule has 0 aliphatic carbocycles. The smallest absolute Gasteiger partial charge is 0.302 e. The number of benzene rings is 2. The van der Waals surface area contributed by atoms with Crippen LogP contribution in [0, 0.1) is 35.0 Å². The zero-order chi connectivity index (χ0) is 46.2. The summed E-state index contributed by atoms with van der Waals surface area (Å²) in [5, 5.41) is 11.3. The van der Waals surface area contributed by atoms with Crippen molar-refractivity contribution in [1.82, 2.24) is 16.0 Å². The lowest BCUT2D eigenvalue weighted by Crippen LogP contribution is -2.36. The van der Waals surface area contributed by atoms with E-state index in [1.165, 1.54) is 19.5 Å². The van der Waals surface area contributed by atoms with Gasteiger partial charge in [0.2, 0.25) is 47.3 Å². The van der Waals surface area contributed by atoms with Crippen molar-refractivity contribution in [2.24, 2.45) is 11.7 Å². The summed E-state index contributed by atoms with van der Waals surface area (Å²) < 4.78 is 81.4. The Kier molecular flexibility index (Phi) is 42.1. The average Bonchev–Trinajstić information content (AvgIpc) is 3.21. The number of carbonyl (C=O) groups excluding carboxylic acids is 5. The van der Waals surface area contributed by atoms with E-state index in [4.69, 9.17) is 19.0 Å². The van der Waals surface area contributed by atoms with E-state index in [-0.39, 0.29) is 43.4 Å². The van der Waals surface area contributed by atoms with E-state index in [0.29, 0.717) is 50.9 Å². The van der Waals surface area contributed by atoms with Crippen LogP contribution in [0.1, 0.15) is 73.3 Å². The first-order chi connectivity index (χ1) is 28.0. The number of nitrogens with two attached hydrogens (primary N) is 1. The third-order valence-corrected chi connectivity index (χ3v) is 6.57. The van der Waals surface area contributed by atoms with Crippen LogP contribution in [0.5, 0.6) is 5.75 Å². The van der Waals surface area contributed by atoms with Gasteiger partial charge in [-0.2, -0.15) is 8.78 Å². The van der Waals surface area contributed by atoms with E-state index in [1.54, 1.807) is 24.3 Å². The number of aldehydes is 1. The molecule has 19 heteroatoms. The summed E-state index contributed by atoms with van der Waals surface area (Å²) in [5.41, 5.74) is 5.73. The van der Waals surface area contributed by atoms with Crippen molar-refractivity contribution in [3.8, 4) is 5.75 Å². The fourth-order valence-corrected chi connectivity index (χ4v) is 3.36. The molecule has 0 aliphatic heterocycles.